The van der Waals surface area contributed by atoms with E-state index in [9.17, 15) is 5.11 Å². The van der Waals surface area contributed by atoms with E-state index in [-0.39, 0.29) is 6.10 Å². The first-order valence-corrected chi connectivity index (χ1v) is 7.73. The summed E-state index contributed by atoms with van der Waals surface area (Å²) in [5.74, 6) is 2.13. The second kappa shape index (κ2) is 5.01. The Morgan fingerprint density at radius 3 is 2.26 bits per heavy atom. The lowest BCUT2D eigenvalue weighted by atomic mass is 9.80. The molecule has 2 aliphatic carbocycles. The molecule has 2 fully saturated rings. The molecule has 0 radical (unpaired) electrons. The third kappa shape index (κ3) is 2.98. The van der Waals surface area contributed by atoms with Gasteiger partial charge in [0.2, 0.25) is 0 Å². The molecule has 0 heterocycles. The van der Waals surface area contributed by atoms with Crippen molar-refractivity contribution in [3.63, 3.8) is 0 Å². The van der Waals surface area contributed by atoms with E-state index in [1.54, 1.807) is 0 Å². The number of aliphatic hydroxyl groups is 1. The van der Waals surface area contributed by atoms with E-state index >= 15 is 0 Å². The van der Waals surface area contributed by atoms with Crippen molar-refractivity contribution in [2.24, 2.45) is 23.2 Å². The Morgan fingerprint density at radius 1 is 1.21 bits per heavy atom. The molecule has 5 atom stereocenters. The van der Waals surface area contributed by atoms with Crippen LogP contribution < -0.4 is 0 Å². The molecule has 0 unspecified atom stereocenters. The summed E-state index contributed by atoms with van der Waals surface area (Å²) in [6, 6.07) is 0. The molecule has 3 nitrogen and oxygen atoms in total. The molecule has 0 aromatic rings. The second-order valence-corrected chi connectivity index (χ2v) is 8.40. The minimum Gasteiger partial charge on any atom is -0.385 e. The fourth-order valence-electron chi connectivity index (χ4n) is 4.68. The normalized spacial score (nSPS) is 38.7. The molecular formula is C16H32NO2+. The predicted molar refractivity (Wildman–Crippen MR) is 77.8 cm³/mol. The summed E-state index contributed by atoms with van der Waals surface area (Å²) >= 11 is 0. The molecule has 2 bridgehead atoms. The summed E-state index contributed by atoms with van der Waals surface area (Å²) in [6.07, 6.45) is 2.67. The monoisotopic (exact) mass is 270 g/mol. The average molecular weight is 270 g/mol. The highest BCUT2D eigenvalue weighted by atomic mass is 16.5. The fraction of sp³-hybridized carbons (Fsp3) is 1.00. The summed E-state index contributed by atoms with van der Waals surface area (Å²) in [6.45, 7) is 8.38. The smallest absolute Gasteiger partial charge is 0.126 e. The van der Waals surface area contributed by atoms with Crippen LogP contribution in [-0.2, 0) is 4.74 Å². The Labute approximate surface area is 118 Å². The van der Waals surface area contributed by atoms with Gasteiger partial charge in [-0.3, -0.25) is 0 Å². The highest BCUT2D eigenvalue weighted by molar-refractivity contribution is 5.06. The number of ether oxygens (including phenoxy) is 1. The number of hydrogen-bond acceptors (Lipinski definition) is 2. The van der Waals surface area contributed by atoms with Crippen molar-refractivity contribution in [3.8, 4) is 0 Å². The van der Waals surface area contributed by atoms with Crippen LogP contribution >= 0.6 is 0 Å². The highest BCUT2D eigenvalue weighted by Crippen LogP contribution is 2.60. The van der Waals surface area contributed by atoms with Crippen molar-refractivity contribution < 1.29 is 14.3 Å². The highest BCUT2D eigenvalue weighted by Gasteiger charge is 2.57. The third-order valence-electron chi connectivity index (χ3n) is 5.49. The van der Waals surface area contributed by atoms with Gasteiger partial charge in [-0.05, 0) is 36.0 Å². The summed E-state index contributed by atoms with van der Waals surface area (Å²) < 4.78 is 6.91. The van der Waals surface area contributed by atoms with Crippen LogP contribution in [0.2, 0.25) is 0 Å². The van der Waals surface area contributed by atoms with Gasteiger partial charge in [0.15, 0.2) is 0 Å². The molecule has 2 saturated carbocycles. The number of quaternary nitrogens is 1. The molecular weight excluding hydrogens is 238 g/mol. The molecule has 0 saturated heterocycles. The number of aliphatic hydroxyl groups excluding tert-OH is 1. The number of nitrogens with zero attached hydrogens (tertiary/aromatic N) is 1. The van der Waals surface area contributed by atoms with Crippen LogP contribution in [0.25, 0.3) is 0 Å². The Morgan fingerprint density at radius 2 is 1.79 bits per heavy atom. The lowest BCUT2D eigenvalue weighted by Gasteiger charge is -2.31. The topological polar surface area (TPSA) is 29.5 Å². The van der Waals surface area contributed by atoms with Crippen LogP contribution in [-0.4, -0.2) is 56.1 Å². The van der Waals surface area contributed by atoms with Crippen LogP contribution in [0.5, 0.6) is 0 Å². The molecule has 2 rings (SSSR count). The number of likely N-dealkylation sites (N-methyl/N-ethyl adjacent to an activating group) is 1. The first kappa shape index (κ1) is 15.3. The maximum Gasteiger partial charge on any atom is 0.126 e. The van der Waals surface area contributed by atoms with Crippen molar-refractivity contribution >= 4 is 0 Å². The van der Waals surface area contributed by atoms with E-state index < -0.39 is 0 Å². The fourth-order valence-corrected chi connectivity index (χ4v) is 4.68. The summed E-state index contributed by atoms with van der Waals surface area (Å²) in [5, 5.41) is 10.1. The first-order chi connectivity index (χ1) is 8.63. The van der Waals surface area contributed by atoms with Crippen molar-refractivity contribution in [1.29, 1.82) is 0 Å². The maximum absolute atomic E-state index is 10.1. The van der Waals surface area contributed by atoms with Gasteiger partial charge in [-0.2, -0.15) is 0 Å². The average Bonchev–Trinajstić information content (AvgIpc) is 2.60. The third-order valence-corrected chi connectivity index (χ3v) is 5.49. The molecule has 0 aliphatic heterocycles. The minimum atomic E-state index is -0.352. The van der Waals surface area contributed by atoms with Gasteiger partial charge < -0.3 is 14.3 Å². The number of fused-ring (bicyclic) bond motifs is 2. The van der Waals surface area contributed by atoms with E-state index in [2.05, 4.69) is 41.9 Å². The summed E-state index contributed by atoms with van der Waals surface area (Å²) in [5.41, 5.74) is 0.426. The van der Waals surface area contributed by atoms with Gasteiger partial charge in [-0.25, -0.2) is 0 Å². The van der Waals surface area contributed by atoms with E-state index in [4.69, 9.17) is 4.74 Å². The lowest BCUT2D eigenvalue weighted by molar-refractivity contribution is -0.873. The van der Waals surface area contributed by atoms with Gasteiger partial charge in [-0.1, -0.05) is 20.8 Å². The second-order valence-electron chi connectivity index (χ2n) is 8.40. The van der Waals surface area contributed by atoms with E-state index in [1.807, 2.05) is 0 Å². The van der Waals surface area contributed by atoms with Crippen LogP contribution in [0.4, 0.5) is 0 Å². The van der Waals surface area contributed by atoms with Crippen molar-refractivity contribution in [3.05, 3.63) is 0 Å². The van der Waals surface area contributed by atoms with Crippen molar-refractivity contribution in [2.45, 2.75) is 45.8 Å². The van der Waals surface area contributed by atoms with Crippen LogP contribution in [0, 0.1) is 23.2 Å². The van der Waals surface area contributed by atoms with Gasteiger partial charge in [0.25, 0.3) is 0 Å². The number of rotatable bonds is 5. The van der Waals surface area contributed by atoms with Gasteiger partial charge in [0.1, 0.15) is 12.6 Å². The van der Waals surface area contributed by atoms with Crippen molar-refractivity contribution in [1.82, 2.24) is 0 Å². The molecule has 0 amide bonds. The van der Waals surface area contributed by atoms with E-state index in [1.165, 1.54) is 12.8 Å². The van der Waals surface area contributed by atoms with Crippen LogP contribution in [0.3, 0.4) is 0 Å². The molecule has 112 valence electrons. The number of hydrogen-bond donors (Lipinski definition) is 1. The Bertz CT molecular complexity index is 321. The standard InChI is InChI=1S/C16H32NO2/c1-11-13-7-8-14(16(13,2)3)15(11)19-10-12(18)9-17(4,5)6/h11-15,18H,7-10H2,1-6H3/q+1/t11-,12+,13+,14+,15-/m0/s1. The molecule has 0 aromatic carbocycles. The van der Waals surface area contributed by atoms with Crippen molar-refractivity contribution in [2.75, 3.05) is 34.3 Å². The molecule has 19 heavy (non-hydrogen) atoms. The Kier molecular flexibility index (Phi) is 4.03. The maximum atomic E-state index is 10.1. The van der Waals surface area contributed by atoms with Gasteiger partial charge in [0.05, 0.1) is 33.9 Å². The summed E-state index contributed by atoms with van der Waals surface area (Å²) in [4.78, 5) is 0. The van der Waals surface area contributed by atoms with Crippen LogP contribution in [0.15, 0.2) is 0 Å². The van der Waals surface area contributed by atoms with Gasteiger partial charge in [0, 0.05) is 0 Å². The summed E-state index contributed by atoms with van der Waals surface area (Å²) in [7, 11) is 6.31. The molecule has 3 heteroatoms. The predicted octanol–water partition coefficient (Wildman–Crippen LogP) is 2.14. The zero-order valence-corrected chi connectivity index (χ0v) is 13.5. The first-order valence-electron chi connectivity index (χ1n) is 7.73. The SMILES string of the molecule is C[C@@H]1[C@H](OC[C@H](O)C[N+](C)(C)C)[C@H]2CC[C@H]1C2(C)C. The molecule has 2 aliphatic rings. The quantitative estimate of drug-likeness (QED) is 0.776. The Balaban J connectivity index is 1.88. The molecule has 0 spiro atoms. The minimum absolute atomic E-state index is 0.352. The van der Waals surface area contributed by atoms with Crippen LogP contribution in [0.1, 0.15) is 33.6 Å². The Hall–Kier alpha value is -0.120. The van der Waals surface area contributed by atoms with Gasteiger partial charge >= 0.3 is 0 Å². The zero-order valence-electron chi connectivity index (χ0n) is 13.5. The largest absolute Gasteiger partial charge is 0.385 e. The molecule has 1 N–H and O–H groups in total. The molecule has 0 aromatic heterocycles. The lowest BCUT2D eigenvalue weighted by Crippen LogP contribution is -2.44. The van der Waals surface area contributed by atoms with Gasteiger partial charge in [-0.15, -0.1) is 0 Å². The zero-order chi connectivity index (χ0) is 14.4. The van der Waals surface area contributed by atoms with E-state index in [0.29, 0.717) is 30.0 Å². The van der Waals surface area contributed by atoms with E-state index in [0.717, 1.165) is 16.9 Å².